The normalized spacial score (nSPS) is 14.1. The predicted molar refractivity (Wildman–Crippen MR) is 81.3 cm³/mol. The largest absolute Gasteiger partial charge is 0.0839 e. The molecule has 2 aromatic carbocycles. The van der Waals surface area contributed by atoms with E-state index >= 15 is 0 Å². The zero-order chi connectivity index (χ0) is 12.5. The zero-order valence-electron chi connectivity index (χ0n) is 10.6. The number of rotatable bonds is 3. The molecule has 0 saturated heterocycles. The lowest BCUT2D eigenvalue weighted by atomic mass is 10.0. The molecule has 1 unspecified atom stereocenters. The topological polar surface area (TPSA) is 0 Å². The summed E-state index contributed by atoms with van der Waals surface area (Å²) in [7, 11) is 0. The molecule has 0 bridgehead atoms. The highest BCUT2D eigenvalue weighted by molar-refractivity contribution is 9.09. The highest BCUT2D eigenvalue weighted by Gasteiger charge is 2.19. The van der Waals surface area contributed by atoms with Crippen LogP contribution >= 0.6 is 15.9 Å². The lowest BCUT2D eigenvalue weighted by Gasteiger charge is -2.10. The molecule has 0 heterocycles. The molecule has 0 radical (unpaired) electrons. The van der Waals surface area contributed by atoms with Gasteiger partial charge in [-0.3, -0.25) is 0 Å². The van der Waals surface area contributed by atoms with Gasteiger partial charge in [0, 0.05) is 4.83 Å². The number of hydrogen-bond acceptors (Lipinski definition) is 0. The molecule has 92 valence electrons. The Morgan fingerprint density at radius 3 is 2.67 bits per heavy atom. The Balaban J connectivity index is 1.98. The number of halogens is 1. The van der Waals surface area contributed by atoms with Crippen LogP contribution in [0.5, 0.6) is 0 Å². The van der Waals surface area contributed by atoms with E-state index in [1.165, 1.54) is 40.7 Å². The first-order chi connectivity index (χ1) is 8.79. The smallest absolute Gasteiger partial charge is 0.0395 e. The molecule has 18 heavy (non-hydrogen) atoms. The highest BCUT2D eigenvalue weighted by atomic mass is 79.9. The molecule has 1 aliphatic carbocycles. The maximum absolute atomic E-state index is 3.79. The van der Waals surface area contributed by atoms with Crippen molar-refractivity contribution in [1.29, 1.82) is 0 Å². The Kier molecular flexibility index (Phi) is 3.25. The van der Waals surface area contributed by atoms with E-state index in [4.69, 9.17) is 0 Å². The van der Waals surface area contributed by atoms with Crippen LogP contribution in [0.3, 0.4) is 0 Å². The minimum atomic E-state index is 0.497. The van der Waals surface area contributed by atoms with Gasteiger partial charge in [-0.1, -0.05) is 71.7 Å². The second kappa shape index (κ2) is 4.89. The average Bonchev–Trinajstić information content (AvgIpc) is 2.76. The molecule has 0 spiro atoms. The van der Waals surface area contributed by atoms with Gasteiger partial charge in [0.25, 0.3) is 0 Å². The number of alkyl halides is 1. The van der Waals surface area contributed by atoms with Crippen molar-refractivity contribution < 1.29 is 0 Å². The van der Waals surface area contributed by atoms with E-state index in [1.807, 2.05) is 0 Å². The third kappa shape index (κ3) is 2.01. The summed E-state index contributed by atoms with van der Waals surface area (Å²) < 4.78 is 0. The van der Waals surface area contributed by atoms with Gasteiger partial charge in [-0.05, 0) is 40.7 Å². The van der Waals surface area contributed by atoms with Crippen molar-refractivity contribution in [1.82, 2.24) is 0 Å². The van der Waals surface area contributed by atoms with Crippen LogP contribution in [0.25, 0.3) is 11.1 Å². The minimum absolute atomic E-state index is 0.497. The van der Waals surface area contributed by atoms with Crippen LogP contribution in [0.15, 0.2) is 42.5 Å². The van der Waals surface area contributed by atoms with Crippen molar-refractivity contribution in [2.75, 3.05) is 0 Å². The minimum Gasteiger partial charge on any atom is -0.0839 e. The third-order valence-corrected chi connectivity index (χ3v) is 4.71. The predicted octanol–water partition coefficient (Wildman–Crippen LogP) is 5.49. The Morgan fingerprint density at radius 1 is 1.06 bits per heavy atom. The van der Waals surface area contributed by atoms with E-state index in [1.54, 1.807) is 0 Å². The first kappa shape index (κ1) is 12.0. The van der Waals surface area contributed by atoms with Crippen molar-refractivity contribution in [2.45, 2.75) is 31.0 Å². The summed E-state index contributed by atoms with van der Waals surface area (Å²) in [6, 6.07) is 15.7. The summed E-state index contributed by atoms with van der Waals surface area (Å²) in [4.78, 5) is 0.497. The summed E-state index contributed by atoms with van der Waals surface area (Å²) in [6.07, 6.45) is 3.50. The van der Waals surface area contributed by atoms with Crippen LogP contribution < -0.4 is 0 Å². The molecule has 0 amide bonds. The monoisotopic (exact) mass is 300 g/mol. The van der Waals surface area contributed by atoms with Crippen LogP contribution in [0, 0.1) is 0 Å². The summed E-state index contributed by atoms with van der Waals surface area (Å²) in [5.74, 6) is 0. The number of hydrogen-bond donors (Lipinski definition) is 0. The molecule has 1 heteroatoms. The fourth-order valence-electron chi connectivity index (χ4n) is 2.78. The van der Waals surface area contributed by atoms with Crippen molar-refractivity contribution in [3.63, 3.8) is 0 Å². The standard InChI is InChI=1S/C17H17Br/c1-2-5-17(18)13-8-9-16-14(11-13)10-12-6-3-4-7-15(12)16/h3-4,6-9,11,17H,2,5,10H2,1H3. The highest BCUT2D eigenvalue weighted by Crippen LogP contribution is 2.39. The van der Waals surface area contributed by atoms with Crippen molar-refractivity contribution in [3.05, 3.63) is 59.2 Å². The molecule has 0 saturated carbocycles. The van der Waals surface area contributed by atoms with Gasteiger partial charge in [0.1, 0.15) is 0 Å². The van der Waals surface area contributed by atoms with E-state index in [-0.39, 0.29) is 0 Å². The molecular formula is C17H17Br. The van der Waals surface area contributed by atoms with E-state index in [0.29, 0.717) is 4.83 Å². The van der Waals surface area contributed by atoms with Gasteiger partial charge in [-0.15, -0.1) is 0 Å². The third-order valence-electron chi connectivity index (χ3n) is 3.72. The van der Waals surface area contributed by atoms with Crippen molar-refractivity contribution in [3.8, 4) is 11.1 Å². The molecule has 0 nitrogen and oxygen atoms in total. The van der Waals surface area contributed by atoms with Gasteiger partial charge in [-0.2, -0.15) is 0 Å². The lowest BCUT2D eigenvalue weighted by molar-refractivity contribution is 0.788. The molecule has 0 fully saturated rings. The van der Waals surface area contributed by atoms with Crippen LogP contribution in [0.2, 0.25) is 0 Å². The summed E-state index contributed by atoms with van der Waals surface area (Å²) >= 11 is 3.79. The van der Waals surface area contributed by atoms with E-state index in [9.17, 15) is 0 Å². The fourth-order valence-corrected chi connectivity index (χ4v) is 3.52. The molecule has 1 aliphatic rings. The van der Waals surface area contributed by atoms with Gasteiger partial charge in [0.15, 0.2) is 0 Å². The maximum atomic E-state index is 3.79. The molecule has 3 rings (SSSR count). The average molecular weight is 301 g/mol. The van der Waals surface area contributed by atoms with Crippen LogP contribution in [-0.2, 0) is 6.42 Å². The molecule has 2 aromatic rings. The van der Waals surface area contributed by atoms with Gasteiger partial charge >= 0.3 is 0 Å². The number of benzene rings is 2. The first-order valence-corrected chi connectivity index (χ1v) is 7.56. The second-order valence-electron chi connectivity index (χ2n) is 5.01. The zero-order valence-corrected chi connectivity index (χ0v) is 12.2. The molecule has 0 N–H and O–H groups in total. The van der Waals surface area contributed by atoms with Gasteiger partial charge in [0.05, 0.1) is 0 Å². The Labute approximate surface area is 117 Å². The quantitative estimate of drug-likeness (QED) is 0.561. The first-order valence-electron chi connectivity index (χ1n) is 6.64. The van der Waals surface area contributed by atoms with Crippen molar-refractivity contribution in [2.24, 2.45) is 0 Å². The lowest BCUT2D eigenvalue weighted by Crippen LogP contribution is -1.91. The van der Waals surface area contributed by atoms with Crippen LogP contribution in [-0.4, -0.2) is 0 Å². The fraction of sp³-hybridized carbons (Fsp3) is 0.294. The summed E-state index contributed by atoms with van der Waals surface area (Å²) in [5.41, 5.74) is 7.20. The maximum Gasteiger partial charge on any atom is 0.0395 e. The second-order valence-corrected chi connectivity index (χ2v) is 6.11. The van der Waals surface area contributed by atoms with Gasteiger partial charge in [0.2, 0.25) is 0 Å². The summed E-state index contributed by atoms with van der Waals surface area (Å²) in [5, 5.41) is 0. The Hall–Kier alpha value is -1.08. The SMILES string of the molecule is CCCC(Br)c1ccc2c(c1)Cc1ccccc1-2. The van der Waals surface area contributed by atoms with E-state index in [0.717, 1.165) is 6.42 Å². The van der Waals surface area contributed by atoms with E-state index in [2.05, 4.69) is 65.3 Å². The van der Waals surface area contributed by atoms with E-state index < -0.39 is 0 Å². The molecule has 0 aliphatic heterocycles. The van der Waals surface area contributed by atoms with Crippen LogP contribution in [0.4, 0.5) is 0 Å². The Morgan fingerprint density at radius 2 is 1.83 bits per heavy atom. The van der Waals surface area contributed by atoms with Crippen molar-refractivity contribution >= 4 is 15.9 Å². The number of fused-ring (bicyclic) bond motifs is 3. The molecular weight excluding hydrogens is 284 g/mol. The van der Waals surface area contributed by atoms with Gasteiger partial charge < -0.3 is 0 Å². The van der Waals surface area contributed by atoms with Crippen LogP contribution in [0.1, 0.15) is 41.3 Å². The van der Waals surface area contributed by atoms with Gasteiger partial charge in [-0.25, -0.2) is 0 Å². The Bertz CT molecular complexity index is 572. The molecule has 0 aromatic heterocycles. The summed E-state index contributed by atoms with van der Waals surface area (Å²) in [6.45, 7) is 2.23. The molecule has 1 atom stereocenters.